The maximum Gasteiger partial charge on any atom is 0.250 e. The SMILES string of the molecule is CCCOc1ccc2c(c1)OCC(C(=O)N[C@@H](C)Cn1ccnc1)=C2. The first-order chi connectivity index (χ1) is 12.2. The van der Waals surface area contributed by atoms with Crippen LogP contribution in [0, 0.1) is 0 Å². The zero-order chi connectivity index (χ0) is 17.6. The van der Waals surface area contributed by atoms with E-state index >= 15 is 0 Å². The molecule has 1 atom stereocenters. The number of rotatable bonds is 7. The van der Waals surface area contributed by atoms with Crippen LogP contribution in [-0.2, 0) is 11.3 Å². The van der Waals surface area contributed by atoms with Crippen molar-refractivity contribution >= 4 is 12.0 Å². The van der Waals surface area contributed by atoms with Crippen molar-refractivity contribution in [3.8, 4) is 11.5 Å². The summed E-state index contributed by atoms with van der Waals surface area (Å²) in [7, 11) is 0. The van der Waals surface area contributed by atoms with Crippen molar-refractivity contribution in [3.63, 3.8) is 0 Å². The molecule has 1 aliphatic heterocycles. The number of ether oxygens (including phenoxy) is 2. The van der Waals surface area contributed by atoms with E-state index in [9.17, 15) is 4.79 Å². The summed E-state index contributed by atoms with van der Waals surface area (Å²) in [6.45, 7) is 5.64. The van der Waals surface area contributed by atoms with Crippen LogP contribution in [-0.4, -0.2) is 34.7 Å². The Kier molecular flexibility index (Phi) is 5.38. The lowest BCUT2D eigenvalue weighted by Crippen LogP contribution is -2.37. The van der Waals surface area contributed by atoms with Crippen LogP contribution < -0.4 is 14.8 Å². The molecule has 1 aliphatic rings. The topological polar surface area (TPSA) is 65.4 Å². The van der Waals surface area contributed by atoms with Gasteiger partial charge in [-0.05, 0) is 31.6 Å². The first-order valence-corrected chi connectivity index (χ1v) is 8.52. The molecule has 25 heavy (non-hydrogen) atoms. The van der Waals surface area contributed by atoms with Crippen LogP contribution in [0.15, 0.2) is 42.5 Å². The quantitative estimate of drug-likeness (QED) is 0.841. The fourth-order valence-electron chi connectivity index (χ4n) is 2.66. The lowest BCUT2D eigenvalue weighted by atomic mass is 10.1. The third-order valence-corrected chi connectivity index (χ3v) is 3.88. The van der Waals surface area contributed by atoms with E-state index in [1.54, 1.807) is 12.5 Å². The van der Waals surface area contributed by atoms with Gasteiger partial charge in [-0.25, -0.2) is 4.98 Å². The third-order valence-electron chi connectivity index (χ3n) is 3.88. The summed E-state index contributed by atoms with van der Waals surface area (Å²) in [4.78, 5) is 16.4. The van der Waals surface area contributed by atoms with Gasteiger partial charge in [-0.2, -0.15) is 0 Å². The molecule has 0 aliphatic carbocycles. The Morgan fingerprint density at radius 2 is 2.36 bits per heavy atom. The summed E-state index contributed by atoms with van der Waals surface area (Å²) in [6, 6.07) is 5.69. The summed E-state index contributed by atoms with van der Waals surface area (Å²) in [5.41, 5.74) is 1.51. The number of fused-ring (bicyclic) bond motifs is 1. The highest BCUT2D eigenvalue weighted by atomic mass is 16.5. The Morgan fingerprint density at radius 1 is 1.48 bits per heavy atom. The molecule has 1 N–H and O–H groups in total. The molecule has 0 saturated carbocycles. The average Bonchev–Trinajstić information content (AvgIpc) is 3.12. The van der Waals surface area contributed by atoms with E-state index < -0.39 is 0 Å². The fraction of sp³-hybridized carbons (Fsp3) is 0.368. The van der Waals surface area contributed by atoms with Crippen LogP contribution in [0.25, 0.3) is 6.08 Å². The highest BCUT2D eigenvalue weighted by Crippen LogP contribution is 2.30. The molecular formula is C19H23N3O3. The van der Waals surface area contributed by atoms with E-state index in [0.29, 0.717) is 18.7 Å². The second kappa shape index (κ2) is 7.88. The molecule has 132 valence electrons. The molecule has 0 bridgehead atoms. The number of nitrogens with one attached hydrogen (secondary N) is 1. The van der Waals surface area contributed by atoms with Crippen molar-refractivity contribution in [1.82, 2.24) is 14.9 Å². The smallest absolute Gasteiger partial charge is 0.250 e. The van der Waals surface area contributed by atoms with Crippen LogP contribution >= 0.6 is 0 Å². The van der Waals surface area contributed by atoms with Gasteiger partial charge in [-0.3, -0.25) is 4.79 Å². The van der Waals surface area contributed by atoms with Crippen molar-refractivity contribution in [2.24, 2.45) is 0 Å². The van der Waals surface area contributed by atoms with Gasteiger partial charge < -0.3 is 19.4 Å². The average molecular weight is 341 g/mol. The van der Waals surface area contributed by atoms with Gasteiger partial charge in [0.15, 0.2) is 0 Å². The number of imidazole rings is 1. The minimum atomic E-state index is -0.107. The van der Waals surface area contributed by atoms with Crippen LogP contribution in [0.1, 0.15) is 25.8 Å². The van der Waals surface area contributed by atoms with E-state index in [-0.39, 0.29) is 18.6 Å². The number of aromatic nitrogens is 2. The monoisotopic (exact) mass is 341 g/mol. The molecule has 1 amide bonds. The van der Waals surface area contributed by atoms with Crippen molar-refractivity contribution in [1.29, 1.82) is 0 Å². The number of benzene rings is 1. The largest absolute Gasteiger partial charge is 0.493 e. The van der Waals surface area contributed by atoms with Gasteiger partial charge in [0.25, 0.3) is 5.91 Å². The van der Waals surface area contributed by atoms with Gasteiger partial charge in [0, 0.05) is 36.6 Å². The first kappa shape index (κ1) is 17.1. The molecule has 6 heteroatoms. The summed E-state index contributed by atoms with van der Waals surface area (Å²) in [6.07, 6.45) is 8.17. The van der Waals surface area contributed by atoms with Crippen LogP contribution in [0.4, 0.5) is 0 Å². The molecule has 0 unspecified atom stereocenters. The molecule has 6 nitrogen and oxygen atoms in total. The lowest BCUT2D eigenvalue weighted by molar-refractivity contribution is -0.118. The van der Waals surface area contributed by atoms with Gasteiger partial charge in [0.1, 0.15) is 18.1 Å². The summed E-state index contributed by atoms with van der Waals surface area (Å²) >= 11 is 0. The van der Waals surface area contributed by atoms with Gasteiger partial charge in [-0.15, -0.1) is 0 Å². The number of hydrogen-bond donors (Lipinski definition) is 1. The second-order valence-electron chi connectivity index (χ2n) is 6.14. The molecule has 0 saturated heterocycles. The van der Waals surface area contributed by atoms with E-state index in [4.69, 9.17) is 9.47 Å². The highest BCUT2D eigenvalue weighted by Gasteiger charge is 2.19. The van der Waals surface area contributed by atoms with E-state index in [1.165, 1.54) is 0 Å². The Labute approximate surface area is 147 Å². The molecule has 2 aromatic rings. The van der Waals surface area contributed by atoms with E-state index in [0.717, 1.165) is 23.5 Å². The Morgan fingerprint density at radius 3 is 3.12 bits per heavy atom. The van der Waals surface area contributed by atoms with Crippen molar-refractivity contribution in [2.75, 3.05) is 13.2 Å². The number of hydrogen-bond acceptors (Lipinski definition) is 4. The Bertz CT molecular complexity index is 753. The molecule has 0 radical (unpaired) electrons. The molecule has 3 rings (SSSR count). The standard InChI is InChI=1S/C19H23N3O3/c1-3-8-24-17-5-4-15-9-16(12-25-18(15)10-17)19(23)21-14(2)11-22-7-6-20-13-22/h4-7,9-10,13-14H,3,8,11-12H2,1-2H3,(H,21,23)/t14-/m0/s1. The summed E-state index contributed by atoms with van der Waals surface area (Å²) in [5.74, 6) is 1.43. The predicted octanol–water partition coefficient (Wildman–Crippen LogP) is 2.65. The molecular weight excluding hydrogens is 318 g/mol. The minimum Gasteiger partial charge on any atom is -0.493 e. The first-order valence-electron chi connectivity index (χ1n) is 8.52. The number of carbonyl (C=O) groups is 1. The molecule has 0 spiro atoms. The number of nitrogens with zero attached hydrogens (tertiary/aromatic N) is 2. The molecule has 0 fully saturated rings. The fourth-order valence-corrected chi connectivity index (χ4v) is 2.66. The van der Waals surface area contributed by atoms with Gasteiger partial charge in [0.05, 0.1) is 18.5 Å². The zero-order valence-electron chi connectivity index (χ0n) is 14.6. The molecule has 2 heterocycles. The molecule has 1 aromatic carbocycles. The van der Waals surface area contributed by atoms with Crippen LogP contribution in [0.3, 0.4) is 0 Å². The highest BCUT2D eigenvalue weighted by molar-refractivity contribution is 5.99. The Hall–Kier alpha value is -2.76. The number of amides is 1. The van der Waals surface area contributed by atoms with Crippen LogP contribution in [0.2, 0.25) is 0 Å². The normalized spacial score (nSPS) is 14.1. The van der Waals surface area contributed by atoms with Gasteiger partial charge in [0.2, 0.25) is 0 Å². The zero-order valence-corrected chi connectivity index (χ0v) is 14.6. The van der Waals surface area contributed by atoms with Gasteiger partial charge in [-0.1, -0.05) is 6.92 Å². The van der Waals surface area contributed by atoms with Crippen molar-refractivity contribution in [3.05, 3.63) is 48.1 Å². The van der Waals surface area contributed by atoms with Crippen molar-refractivity contribution in [2.45, 2.75) is 32.9 Å². The maximum absolute atomic E-state index is 12.4. The van der Waals surface area contributed by atoms with Gasteiger partial charge >= 0.3 is 0 Å². The third kappa shape index (κ3) is 4.41. The second-order valence-corrected chi connectivity index (χ2v) is 6.14. The Balaban J connectivity index is 1.63. The van der Waals surface area contributed by atoms with Crippen LogP contribution in [0.5, 0.6) is 11.5 Å². The summed E-state index contributed by atoms with van der Waals surface area (Å²) in [5, 5.41) is 3.00. The predicted molar refractivity (Wildman–Crippen MR) is 95.5 cm³/mol. The van der Waals surface area contributed by atoms with E-state index in [1.807, 2.05) is 42.0 Å². The van der Waals surface area contributed by atoms with E-state index in [2.05, 4.69) is 17.2 Å². The summed E-state index contributed by atoms with van der Waals surface area (Å²) < 4.78 is 13.3. The number of carbonyl (C=O) groups excluding carboxylic acids is 1. The lowest BCUT2D eigenvalue weighted by Gasteiger charge is -2.20. The minimum absolute atomic E-state index is 0.00573. The maximum atomic E-state index is 12.4. The van der Waals surface area contributed by atoms with Crippen molar-refractivity contribution < 1.29 is 14.3 Å². The molecule has 1 aromatic heterocycles.